The monoisotopic (exact) mass is 1130 g/mol. The molecule has 1 saturated heterocycles. The second-order valence-corrected chi connectivity index (χ2v) is 23.6. The molecule has 88 heavy (non-hydrogen) atoms. The number of para-hydroxylation sites is 6. The molecule has 1 aliphatic heterocycles. The number of aromatic nitrogens is 3. The minimum Gasteiger partial charge on any atom is -0.416 e. The predicted molar refractivity (Wildman–Crippen MR) is 372 cm³/mol. The molecule has 17 rings (SSSR count). The van der Waals surface area contributed by atoms with Crippen LogP contribution in [0.15, 0.2) is 297 Å². The lowest BCUT2D eigenvalue weighted by atomic mass is 9.37. The molecule has 1 saturated carbocycles. The Morgan fingerprint density at radius 3 is 1.38 bits per heavy atom. The Labute approximate surface area is 521 Å². The molecule has 9 heteroatoms. The Kier molecular flexibility index (Phi) is 11.6. The fraction of sp³-hybridized carbons (Fsp3) is 0.0759. The van der Waals surface area contributed by atoms with Crippen molar-refractivity contribution < 1.29 is 5.48 Å². The van der Waals surface area contributed by atoms with Gasteiger partial charge in [-0.15, -0.1) is 0 Å². The van der Waals surface area contributed by atoms with Crippen LogP contribution in [0, 0.1) is 6.85 Å². The molecule has 416 valence electrons. The molecule has 6 nitrogen and oxygen atoms in total. The van der Waals surface area contributed by atoms with Gasteiger partial charge in [0.05, 0.1) is 22.1 Å². The van der Waals surface area contributed by atoms with E-state index in [2.05, 4.69) is 296 Å². The van der Waals surface area contributed by atoms with Crippen LogP contribution in [0.1, 0.15) is 48.2 Å². The quantitative estimate of drug-likeness (QED) is 0.135. The van der Waals surface area contributed by atoms with E-state index < -0.39 is 19.7 Å². The molecule has 0 amide bonds. The first-order valence-corrected chi connectivity index (χ1v) is 30.8. The Morgan fingerprint density at radius 1 is 0.364 bits per heavy atom. The van der Waals surface area contributed by atoms with Crippen molar-refractivity contribution in [1.29, 1.82) is 0 Å². The smallest absolute Gasteiger partial charge is 0.388 e. The van der Waals surface area contributed by atoms with Crippen molar-refractivity contribution in [2.24, 2.45) is 0 Å². The summed E-state index contributed by atoms with van der Waals surface area (Å²) in [6.45, 7) is -3.34. The number of imidazole rings is 2. The van der Waals surface area contributed by atoms with Crippen molar-refractivity contribution in [3.63, 3.8) is 0 Å². The van der Waals surface area contributed by atoms with Gasteiger partial charge in [0.25, 0.3) is 0 Å². The van der Waals surface area contributed by atoms with E-state index in [9.17, 15) is 1.37 Å². The van der Waals surface area contributed by atoms with Crippen molar-refractivity contribution >= 4 is 82.2 Å². The molecule has 0 N–H and O–H groups in total. The molecular weight excluding hydrogens is 1070 g/mol. The number of benzene rings is 12. The maximum absolute atomic E-state index is 10.5. The molecule has 2 aliphatic carbocycles. The predicted octanol–water partition coefficient (Wildman–Crippen LogP) is 17.1. The highest BCUT2D eigenvalue weighted by Crippen LogP contribution is 2.50. The largest absolute Gasteiger partial charge is 0.416 e. The van der Waals surface area contributed by atoms with Crippen LogP contribution in [0.4, 0.5) is 17.1 Å². The van der Waals surface area contributed by atoms with E-state index in [4.69, 9.17) is 9.10 Å². The van der Waals surface area contributed by atoms with Crippen LogP contribution >= 0.6 is 0 Å². The van der Waals surface area contributed by atoms with E-state index in [0.29, 0.717) is 11.3 Å². The summed E-state index contributed by atoms with van der Waals surface area (Å²) in [5.74, 6) is -0.152. The van der Waals surface area contributed by atoms with Gasteiger partial charge >= 0.3 is 20.9 Å². The molecule has 2 aromatic heterocycles. The van der Waals surface area contributed by atoms with E-state index in [1.165, 1.54) is 0 Å². The third-order valence-corrected chi connectivity index (χ3v) is 18.7. The van der Waals surface area contributed by atoms with Crippen LogP contribution in [0.25, 0.3) is 89.2 Å². The molecule has 12 aromatic carbocycles. The average Bonchev–Trinajstić information content (AvgIpc) is 0.897. The third kappa shape index (κ3) is 8.47. The fourth-order valence-corrected chi connectivity index (χ4v) is 14.9. The number of rotatable bonds is 9. The average molecular weight is 1130 g/mol. The molecule has 0 bridgehead atoms. The van der Waals surface area contributed by atoms with Gasteiger partial charge in [-0.05, 0) is 182 Å². The minimum absolute atomic E-state index is 0.233. The Morgan fingerprint density at radius 2 is 0.818 bits per heavy atom. The first-order valence-electron chi connectivity index (χ1n) is 32.8. The van der Waals surface area contributed by atoms with Gasteiger partial charge in [0.15, 0.2) is 0 Å². The van der Waals surface area contributed by atoms with Crippen LogP contribution < -0.4 is 30.6 Å². The highest BCUT2D eigenvalue weighted by molar-refractivity contribution is 7.14. The van der Waals surface area contributed by atoms with Gasteiger partial charge in [0, 0.05) is 28.2 Å². The van der Waals surface area contributed by atoms with Gasteiger partial charge in [0.2, 0.25) is 5.78 Å². The van der Waals surface area contributed by atoms with Gasteiger partial charge in [-0.1, -0.05) is 237 Å². The topological polar surface area (TPSA) is 32.0 Å². The van der Waals surface area contributed by atoms with Crippen molar-refractivity contribution in [2.45, 2.75) is 38.4 Å². The molecule has 3 aliphatic rings. The molecule has 2 fully saturated rings. The summed E-state index contributed by atoms with van der Waals surface area (Å²) in [5, 5.41) is 0. The van der Waals surface area contributed by atoms with E-state index in [0.717, 1.165) is 143 Å². The second kappa shape index (κ2) is 21.5. The molecule has 14 aromatic rings. The van der Waals surface area contributed by atoms with Gasteiger partial charge in [-0.3, -0.25) is 8.97 Å². The lowest BCUT2D eigenvalue weighted by Gasteiger charge is -2.57. The summed E-state index contributed by atoms with van der Waals surface area (Å²) in [4.78, 5) is 5.20. The summed E-state index contributed by atoms with van der Waals surface area (Å²) in [6.07, 6.45) is 3.58. The summed E-state index contributed by atoms with van der Waals surface area (Å²) in [7, 11) is 0. The summed E-state index contributed by atoms with van der Waals surface area (Å²) in [6, 6.07) is 107. The van der Waals surface area contributed by atoms with E-state index in [1.807, 2.05) is 18.2 Å². The van der Waals surface area contributed by atoms with Crippen molar-refractivity contribution in [3.05, 3.63) is 308 Å². The Hall–Kier alpha value is -10.5. The highest BCUT2D eigenvalue weighted by Gasteiger charge is 2.56. The van der Waals surface area contributed by atoms with E-state index in [1.54, 1.807) is 6.07 Å². The molecule has 3 heterocycles. The summed E-state index contributed by atoms with van der Waals surface area (Å²) in [5.41, 5.74) is 23.0. The van der Waals surface area contributed by atoms with Gasteiger partial charge in [0.1, 0.15) is 0 Å². The molecule has 0 spiro atoms. The molecule has 0 atom stereocenters. The maximum Gasteiger partial charge on any atom is 0.388 e. The Balaban J connectivity index is 0.896. The fourth-order valence-electron chi connectivity index (χ4n) is 14.9. The molecule has 0 unspecified atom stereocenters. The lowest BCUT2D eigenvalue weighted by molar-refractivity contribution is 0.725. The highest BCUT2D eigenvalue weighted by atomic mass is 15.3. The van der Waals surface area contributed by atoms with Gasteiger partial charge in [-0.2, -0.15) is 0 Å². The first kappa shape index (κ1) is 47.7. The van der Waals surface area contributed by atoms with E-state index >= 15 is 0 Å². The van der Waals surface area contributed by atoms with Crippen LogP contribution in [-0.4, -0.2) is 34.9 Å². The number of hydrogen-bond donors (Lipinski definition) is 0. The zero-order valence-electron chi connectivity index (χ0n) is 52.5. The zero-order valence-corrected chi connectivity index (χ0v) is 48.5. The van der Waals surface area contributed by atoms with Crippen LogP contribution in [0.2, 0.25) is 0 Å². The number of aryl methyl sites for hydroxylation is 1. The third-order valence-electron chi connectivity index (χ3n) is 18.7. The summed E-state index contributed by atoms with van der Waals surface area (Å²) < 4.78 is 48.2. The summed E-state index contributed by atoms with van der Waals surface area (Å²) >= 11 is 0. The first-order chi connectivity index (χ1) is 45.2. The standard InChI is InChI=1S/C79H61B3N6/c1-55-26-25-45-77-78(55)83-79-84(75-43-23-24-44-76(75)85(77)79)64-48-51-71-67-40-20-19-39-66(67)70-49-46-57(52-73(70)68-41-21-22-42-69(68)74(71)54-64)72-53-60(47-50-65(72)56-27-17-18-28-56)82-87(62-35-13-5-14-36-62)80(58-29-7-2-8-30-58)86(61-33-11-4-12-34-61)81(59-31-9-3-10-32-59)88(82)63-37-15-6-16-38-63/h2-16,19-26,29-54,56H,17-18,27-28H2,1H3/i1D3,56D. The van der Waals surface area contributed by atoms with Crippen molar-refractivity contribution in [3.8, 4) is 61.3 Å². The van der Waals surface area contributed by atoms with Gasteiger partial charge in [-0.25, -0.2) is 4.98 Å². The number of fused-ring (bicyclic) bond motifs is 13. The molecular formula is C79H61B3N6. The second-order valence-electron chi connectivity index (χ2n) is 23.6. The lowest BCUT2D eigenvalue weighted by Crippen LogP contribution is -2.86. The zero-order chi connectivity index (χ0) is 61.7. The number of nitrogens with zero attached hydrogens (tertiary/aromatic N) is 6. The van der Waals surface area contributed by atoms with Crippen LogP contribution in [0.3, 0.4) is 0 Å². The number of hydrogen-bond acceptors (Lipinski definition) is 4. The SMILES string of the molecule is [2H]C([2H])([2H])c1cccc2c1nc1n(-c3ccc4c(c3)-c3ccccc3-c3cc(-c5cc(B6N(c7ccccc7)B(c7ccccc7)N(c7ccccc7)B(c7ccccc7)N6c6ccccc6)ccc5C5([2H])CCCC5)ccc3-c3ccccc3-4)c3ccccc3n21. The number of anilines is 3. The van der Waals surface area contributed by atoms with Crippen LogP contribution in [0.5, 0.6) is 0 Å². The minimum atomic E-state index is -2.34. The van der Waals surface area contributed by atoms with Crippen molar-refractivity contribution in [1.82, 2.24) is 14.0 Å². The van der Waals surface area contributed by atoms with Crippen LogP contribution in [-0.2, 0) is 0 Å². The van der Waals surface area contributed by atoms with E-state index in [-0.39, 0.29) is 19.5 Å². The van der Waals surface area contributed by atoms with Gasteiger partial charge < -0.3 is 14.2 Å². The molecule has 0 radical (unpaired) electrons. The maximum atomic E-state index is 10.5. The van der Waals surface area contributed by atoms with Crippen molar-refractivity contribution in [2.75, 3.05) is 14.2 Å². The normalized spacial score (nSPS) is 15.2. The Bertz CT molecular complexity index is 5030.